The number of nitrogens with one attached hydrogen (secondary N) is 1. The number of aromatic nitrogens is 1. The first kappa shape index (κ1) is 17.7. The lowest BCUT2D eigenvalue weighted by Gasteiger charge is -2.13. The molecule has 0 aliphatic heterocycles. The molecular formula is C22H19BrN2O2. The Morgan fingerprint density at radius 2 is 1.74 bits per heavy atom. The van der Waals surface area contributed by atoms with Crippen molar-refractivity contribution < 1.29 is 9.53 Å². The summed E-state index contributed by atoms with van der Waals surface area (Å²) in [6.45, 7) is -0.0188. The molecule has 5 heteroatoms. The third-order valence-corrected chi connectivity index (χ3v) is 5.34. The summed E-state index contributed by atoms with van der Waals surface area (Å²) in [6, 6.07) is 20.0. The van der Waals surface area contributed by atoms with Crippen LogP contribution in [-0.4, -0.2) is 23.4 Å². The highest BCUT2D eigenvalue weighted by molar-refractivity contribution is 9.10. The van der Waals surface area contributed by atoms with Crippen LogP contribution in [0, 0.1) is 0 Å². The number of hydrogen-bond donors (Lipinski definition) is 1. The summed E-state index contributed by atoms with van der Waals surface area (Å²) in [7, 11) is 0. The predicted octanol–water partition coefficient (Wildman–Crippen LogP) is 4.69. The van der Waals surface area contributed by atoms with E-state index < -0.39 is 0 Å². The van der Waals surface area contributed by atoms with Gasteiger partial charge in [-0.3, -0.25) is 4.79 Å². The van der Waals surface area contributed by atoms with Crippen LogP contribution in [0.3, 0.4) is 0 Å². The number of carbonyl (C=O) groups is 1. The molecule has 27 heavy (non-hydrogen) atoms. The Labute approximate surface area is 166 Å². The van der Waals surface area contributed by atoms with Crippen molar-refractivity contribution in [2.45, 2.75) is 18.9 Å². The molecule has 0 amide bonds. The molecular weight excluding hydrogens is 404 g/mol. The van der Waals surface area contributed by atoms with Crippen LogP contribution in [0.25, 0.3) is 0 Å². The molecule has 4 rings (SSSR count). The van der Waals surface area contributed by atoms with Crippen LogP contribution in [0.2, 0.25) is 0 Å². The van der Waals surface area contributed by atoms with Crippen molar-refractivity contribution in [2.24, 2.45) is 0 Å². The van der Waals surface area contributed by atoms with E-state index in [1.54, 1.807) is 12.3 Å². The van der Waals surface area contributed by atoms with Crippen molar-refractivity contribution in [2.75, 3.05) is 11.9 Å². The Balaban J connectivity index is 1.34. The molecule has 2 aromatic carbocycles. The number of halogens is 1. The lowest BCUT2D eigenvalue weighted by molar-refractivity contribution is 0.0920. The van der Waals surface area contributed by atoms with E-state index in [0.29, 0.717) is 17.4 Å². The van der Waals surface area contributed by atoms with Crippen molar-refractivity contribution >= 4 is 27.5 Å². The summed E-state index contributed by atoms with van der Waals surface area (Å²) in [5.41, 5.74) is 3.33. The minimum atomic E-state index is -0.0990. The minimum absolute atomic E-state index is 0.0188. The van der Waals surface area contributed by atoms with Gasteiger partial charge < -0.3 is 10.1 Å². The molecule has 0 spiro atoms. The van der Waals surface area contributed by atoms with Gasteiger partial charge in [-0.25, -0.2) is 4.98 Å². The number of carbonyl (C=O) groups excluding carboxylic acids is 1. The molecule has 0 bridgehead atoms. The van der Waals surface area contributed by atoms with E-state index in [4.69, 9.17) is 4.74 Å². The fourth-order valence-electron chi connectivity index (χ4n) is 3.30. The van der Waals surface area contributed by atoms with Gasteiger partial charge >= 0.3 is 0 Å². The SMILES string of the molecule is O=C(COc1ccccc1Br)c1ccc(NC2Cc3ccccc3C2)nc1. The van der Waals surface area contributed by atoms with Crippen molar-refractivity contribution in [1.29, 1.82) is 0 Å². The molecule has 1 N–H and O–H groups in total. The maximum Gasteiger partial charge on any atom is 0.201 e. The molecule has 0 saturated heterocycles. The number of nitrogens with zero attached hydrogens (tertiary/aromatic N) is 1. The van der Waals surface area contributed by atoms with Gasteiger partial charge in [-0.2, -0.15) is 0 Å². The number of anilines is 1. The number of ether oxygens (including phenoxy) is 1. The molecule has 4 nitrogen and oxygen atoms in total. The zero-order valence-electron chi connectivity index (χ0n) is 14.7. The molecule has 1 aliphatic carbocycles. The van der Waals surface area contributed by atoms with Crippen LogP contribution < -0.4 is 10.1 Å². The Morgan fingerprint density at radius 1 is 1.04 bits per heavy atom. The molecule has 136 valence electrons. The van der Waals surface area contributed by atoms with E-state index in [2.05, 4.69) is 50.5 Å². The number of fused-ring (bicyclic) bond motifs is 1. The average Bonchev–Trinajstić information content (AvgIpc) is 3.10. The summed E-state index contributed by atoms with van der Waals surface area (Å²) in [4.78, 5) is 16.7. The molecule has 0 unspecified atom stereocenters. The average molecular weight is 423 g/mol. The van der Waals surface area contributed by atoms with Gasteiger partial charge in [0.05, 0.1) is 4.47 Å². The first-order valence-corrected chi connectivity index (χ1v) is 9.68. The number of pyridine rings is 1. The lowest BCUT2D eigenvalue weighted by atomic mass is 10.1. The van der Waals surface area contributed by atoms with Crippen LogP contribution in [-0.2, 0) is 12.8 Å². The second-order valence-electron chi connectivity index (χ2n) is 6.59. The maximum absolute atomic E-state index is 12.3. The molecule has 3 aromatic rings. The van der Waals surface area contributed by atoms with Crippen LogP contribution >= 0.6 is 15.9 Å². The minimum Gasteiger partial charge on any atom is -0.484 e. The molecule has 1 aliphatic rings. The Bertz CT molecular complexity index is 932. The largest absolute Gasteiger partial charge is 0.484 e. The summed E-state index contributed by atoms with van der Waals surface area (Å²) in [5, 5.41) is 3.46. The Kier molecular flexibility index (Phi) is 5.21. The fraction of sp³-hybridized carbons (Fsp3) is 0.182. The third kappa shape index (κ3) is 4.19. The normalized spacial score (nSPS) is 13.2. The van der Waals surface area contributed by atoms with Crippen LogP contribution in [0.1, 0.15) is 21.5 Å². The van der Waals surface area contributed by atoms with Gasteiger partial charge in [0, 0.05) is 17.8 Å². The maximum atomic E-state index is 12.3. The molecule has 0 radical (unpaired) electrons. The van der Waals surface area contributed by atoms with Gasteiger partial charge in [-0.05, 0) is 64.2 Å². The first-order chi connectivity index (χ1) is 13.2. The van der Waals surface area contributed by atoms with Gasteiger partial charge in [-0.1, -0.05) is 36.4 Å². The smallest absolute Gasteiger partial charge is 0.201 e. The predicted molar refractivity (Wildman–Crippen MR) is 109 cm³/mol. The van der Waals surface area contributed by atoms with Crippen molar-refractivity contribution in [3.8, 4) is 5.75 Å². The van der Waals surface area contributed by atoms with Crippen LogP contribution in [0.5, 0.6) is 5.75 Å². The lowest BCUT2D eigenvalue weighted by Crippen LogP contribution is -2.20. The number of Topliss-reactive ketones (excluding diaryl/α,β-unsaturated/α-hetero) is 1. The number of hydrogen-bond acceptors (Lipinski definition) is 4. The summed E-state index contributed by atoms with van der Waals surface area (Å²) >= 11 is 3.41. The second kappa shape index (κ2) is 7.92. The highest BCUT2D eigenvalue weighted by Crippen LogP contribution is 2.25. The van der Waals surface area contributed by atoms with Crippen LogP contribution in [0.4, 0.5) is 5.82 Å². The zero-order valence-corrected chi connectivity index (χ0v) is 16.3. The quantitative estimate of drug-likeness (QED) is 0.585. The number of ketones is 1. The van der Waals surface area contributed by atoms with E-state index in [0.717, 1.165) is 23.1 Å². The van der Waals surface area contributed by atoms with Crippen molar-refractivity contribution in [1.82, 2.24) is 4.98 Å². The van der Waals surface area contributed by atoms with E-state index in [9.17, 15) is 4.79 Å². The number of benzene rings is 2. The molecule has 1 aromatic heterocycles. The van der Waals surface area contributed by atoms with Gasteiger partial charge in [0.1, 0.15) is 11.6 Å². The Morgan fingerprint density at radius 3 is 2.41 bits per heavy atom. The van der Waals surface area contributed by atoms with Gasteiger partial charge in [0.2, 0.25) is 5.78 Å². The molecule has 0 atom stereocenters. The fourth-order valence-corrected chi connectivity index (χ4v) is 3.70. The summed E-state index contributed by atoms with van der Waals surface area (Å²) in [6.07, 6.45) is 3.60. The standard InChI is InChI=1S/C22H19BrN2O2/c23-19-7-3-4-8-21(19)27-14-20(26)17-9-10-22(24-13-17)25-18-11-15-5-1-2-6-16(15)12-18/h1-10,13,18H,11-12,14H2,(H,24,25). The topological polar surface area (TPSA) is 51.2 Å². The first-order valence-electron chi connectivity index (χ1n) is 8.89. The van der Waals surface area contributed by atoms with Crippen molar-refractivity contribution in [3.05, 3.63) is 88.0 Å². The van der Waals surface area contributed by atoms with Crippen molar-refractivity contribution in [3.63, 3.8) is 0 Å². The van der Waals surface area contributed by atoms with E-state index >= 15 is 0 Å². The zero-order chi connectivity index (χ0) is 18.6. The summed E-state index contributed by atoms with van der Waals surface area (Å²) in [5.74, 6) is 1.34. The van der Waals surface area contributed by atoms with E-state index in [1.165, 1.54) is 11.1 Å². The van der Waals surface area contributed by atoms with E-state index in [1.807, 2.05) is 30.3 Å². The highest BCUT2D eigenvalue weighted by Gasteiger charge is 2.21. The second-order valence-corrected chi connectivity index (χ2v) is 7.45. The molecule has 0 fully saturated rings. The highest BCUT2D eigenvalue weighted by atomic mass is 79.9. The number of rotatable bonds is 6. The molecule has 1 heterocycles. The van der Waals surface area contributed by atoms with Gasteiger partial charge in [0.15, 0.2) is 6.61 Å². The molecule has 0 saturated carbocycles. The number of para-hydroxylation sites is 1. The van der Waals surface area contributed by atoms with Gasteiger partial charge in [0.25, 0.3) is 0 Å². The summed E-state index contributed by atoms with van der Waals surface area (Å²) < 4.78 is 6.41. The van der Waals surface area contributed by atoms with E-state index in [-0.39, 0.29) is 12.4 Å². The Hall–Kier alpha value is -2.66. The van der Waals surface area contributed by atoms with Gasteiger partial charge in [-0.15, -0.1) is 0 Å². The monoisotopic (exact) mass is 422 g/mol. The van der Waals surface area contributed by atoms with Crippen LogP contribution in [0.15, 0.2) is 71.3 Å². The third-order valence-electron chi connectivity index (χ3n) is 4.68.